The summed E-state index contributed by atoms with van der Waals surface area (Å²) >= 11 is 1.64. The molecule has 0 aliphatic rings. The summed E-state index contributed by atoms with van der Waals surface area (Å²) in [5.41, 5.74) is 3.29. The van der Waals surface area contributed by atoms with Gasteiger partial charge in [-0.1, -0.05) is 6.92 Å². The van der Waals surface area contributed by atoms with Crippen LogP contribution in [0.25, 0.3) is 0 Å². The van der Waals surface area contributed by atoms with Crippen molar-refractivity contribution in [1.82, 2.24) is 9.97 Å². The van der Waals surface area contributed by atoms with E-state index in [4.69, 9.17) is 10.9 Å². The molecule has 0 spiro atoms. The minimum Gasteiger partial charge on any atom is -0.395 e. The van der Waals surface area contributed by atoms with Gasteiger partial charge in [-0.3, -0.25) is 4.98 Å². The molecule has 1 aromatic rings. The van der Waals surface area contributed by atoms with E-state index in [0.29, 0.717) is 5.82 Å². The van der Waals surface area contributed by atoms with Crippen LogP contribution in [0.1, 0.15) is 12.6 Å². The zero-order valence-corrected chi connectivity index (χ0v) is 8.79. The summed E-state index contributed by atoms with van der Waals surface area (Å²) in [6.07, 6.45) is 3.26. The van der Waals surface area contributed by atoms with E-state index in [-0.39, 0.29) is 11.9 Å². The summed E-state index contributed by atoms with van der Waals surface area (Å²) in [6.45, 7) is 2.15. The molecule has 14 heavy (non-hydrogen) atoms. The van der Waals surface area contributed by atoms with Gasteiger partial charge in [0, 0.05) is 11.0 Å². The molecule has 6 heteroatoms. The van der Waals surface area contributed by atoms with E-state index in [1.54, 1.807) is 24.2 Å². The quantitative estimate of drug-likeness (QED) is 0.485. The second-order valence-corrected chi connectivity index (χ2v) is 4.27. The van der Waals surface area contributed by atoms with Gasteiger partial charge in [0.15, 0.2) is 5.82 Å². The second kappa shape index (κ2) is 5.79. The first kappa shape index (κ1) is 11.2. The number of hydrazine groups is 1. The zero-order valence-electron chi connectivity index (χ0n) is 7.97. The standard InChI is InChI=1S/C8H14N4OS/c1-6(4-13)14-5-7-2-11-8(12-9)3-10-7/h2-3,6,13H,4-5,9H2,1H3,(H,11,12). The van der Waals surface area contributed by atoms with E-state index in [0.717, 1.165) is 11.4 Å². The maximum absolute atomic E-state index is 8.81. The Balaban J connectivity index is 2.43. The largest absolute Gasteiger partial charge is 0.395 e. The molecule has 78 valence electrons. The molecule has 1 rings (SSSR count). The van der Waals surface area contributed by atoms with Gasteiger partial charge in [0.05, 0.1) is 24.7 Å². The van der Waals surface area contributed by atoms with E-state index in [9.17, 15) is 0 Å². The predicted molar refractivity (Wildman–Crippen MR) is 57.7 cm³/mol. The van der Waals surface area contributed by atoms with Crippen LogP contribution in [-0.4, -0.2) is 26.9 Å². The SMILES string of the molecule is CC(CO)SCc1cnc(NN)cn1. The summed E-state index contributed by atoms with van der Waals surface area (Å²) in [7, 11) is 0. The van der Waals surface area contributed by atoms with Crippen molar-refractivity contribution in [3.63, 3.8) is 0 Å². The Hall–Kier alpha value is -0.850. The number of nitrogens with one attached hydrogen (secondary N) is 1. The maximum atomic E-state index is 8.81. The molecular formula is C8H14N4OS. The van der Waals surface area contributed by atoms with Gasteiger partial charge >= 0.3 is 0 Å². The van der Waals surface area contributed by atoms with Crippen LogP contribution in [0, 0.1) is 0 Å². The van der Waals surface area contributed by atoms with Crippen molar-refractivity contribution in [2.75, 3.05) is 12.0 Å². The fraction of sp³-hybridized carbons (Fsp3) is 0.500. The summed E-state index contributed by atoms with van der Waals surface area (Å²) in [4.78, 5) is 8.17. The third kappa shape index (κ3) is 3.49. The number of hydrogen-bond donors (Lipinski definition) is 3. The Bertz CT molecular complexity index is 267. The lowest BCUT2D eigenvalue weighted by atomic mass is 10.5. The van der Waals surface area contributed by atoms with Crippen molar-refractivity contribution < 1.29 is 5.11 Å². The lowest BCUT2D eigenvalue weighted by Gasteiger charge is -2.06. The van der Waals surface area contributed by atoms with Crippen LogP contribution in [0.3, 0.4) is 0 Å². The van der Waals surface area contributed by atoms with Crippen LogP contribution in [0.2, 0.25) is 0 Å². The summed E-state index contributed by atoms with van der Waals surface area (Å²) in [6, 6.07) is 0. The Morgan fingerprint density at radius 3 is 2.86 bits per heavy atom. The highest BCUT2D eigenvalue weighted by Gasteiger charge is 2.02. The average molecular weight is 214 g/mol. The Labute approximate surface area is 87.1 Å². The van der Waals surface area contributed by atoms with Crippen molar-refractivity contribution in [2.45, 2.75) is 17.9 Å². The molecule has 0 saturated carbocycles. The number of aromatic nitrogens is 2. The molecule has 1 heterocycles. The number of hydrogen-bond acceptors (Lipinski definition) is 6. The van der Waals surface area contributed by atoms with Crippen molar-refractivity contribution in [1.29, 1.82) is 0 Å². The molecule has 0 saturated heterocycles. The van der Waals surface area contributed by atoms with E-state index < -0.39 is 0 Å². The normalized spacial score (nSPS) is 12.5. The second-order valence-electron chi connectivity index (χ2n) is 2.84. The number of aliphatic hydroxyl groups excluding tert-OH is 1. The first-order valence-corrected chi connectivity index (χ1v) is 5.31. The van der Waals surface area contributed by atoms with Gasteiger partial charge in [0.2, 0.25) is 0 Å². The van der Waals surface area contributed by atoms with Crippen molar-refractivity contribution in [2.24, 2.45) is 5.84 Å². The van der Waals surface area contributed by atoms with E-state index in [1.165, 1.54) is 0 Å². The average Bonchev–Trinajstić information content (AvgIpc) is 2.26. The number of thioether (sulfide) groups is 1. The molecule has 0 fully saturated rings. The molecule has 0 radical (unpaired) electrons. The molecule has 0 aliphatic carbocycles. The fourth-order valence-corrected chi connectivity index (χ4v) is 1.49. The molecule has 1 unspecified atom stereocenters. The lowest BCUT2D eigenvalue weighted by molar-refractivity contribution is 0.300. The molecular weight excluding hydrogens is 200 g/mol. The highest BCUT2D eigenvalue weighted by Crippen LogP contribution is 2.15. The van der Waals surface area contributed by atoms with Gasteiger partial charge in [-0.15, -0.1) is 11.8 Å². The monoisotopic (exact) mass is 214 g/mol. The van der Waals surface area contributed by atoms with Crippen LogP contribution in [-0.2, 0) is 5.75 Å². The molecule has 5 nitrogen and oxygen atoms in total. The maximum Gasteiger partial charge on any atom is 0.158 e. The van der Waals surface area contributed by atoms with Gasteiger partial charge in [0.1, 0.15) is 0 Å². The summed E-state index contributed by atoms with van der Waals surface area (Å²) < 4.78 is 0. The van der Waals surface area contributed by atoms with E-state index in [1.807, 2.05) is 6.92 Å². The molecule has 4 N–H and O–H groups in total. The smallest absolute Gasteiger partial charge is 0.158 e. The van der Waals surface area contributed by atoms with Gasteiger partial charge in [0.25, 0.3) is 0 Å². The molecule has 1 atom stereocenters. The molecule has 0 amide bonds. The minimum absolute atomic E-state index is 0.181. The topological polar surface area (TPSA) is 84.1 Å². The highest BCUT2D eigenvalue weighted by molar-refractivity contribution is 7.99. The van der Waals surface area contributed by atoms with Crippen molar-refractivity contribution >= 4 is 17.6 Å². The Kier molecular flexibility index (Phi) is 4.64. The molecule has 0 aliphatic heterocycles. The van der Waals surface area contributed by atoms with Crippen LogP contribution in [0.5, 0.6) is 0 Å². The molecule has 0 aromatic carbocycles. The predicted octanol–water partition coefficient (Wildman–Crippen LogP) is 0.376. The third-order valence-electron chi connectivity index (χ3n) is 1.63. The van der Waals surface area contributed by atoms with Crippen molar-refractivity contribution in [3.8, 4) is 0 Å². The summed E-state index contributed by atoms with van der Waals surface area (Å²) in [5.74, 6) is 6.45. The Morgan fingerprint density at radius 2 is 2.36 bits per heavy atom. The van der Waals surface area contributed by atoms with Gasteiger partial charge in [-0.2, -0.15) is 0 Å². The van der Waals surface area contributed by atoms with E-state index in [2.05, 4.69) is 15.4 Å². The summed E-state index contributed by atoms with van der Waals surface area (Å²) in [5, 5.41) is 9.04. The molecule has 1 aromatic heterocycles. The third-order valence-corrected chi connectivity index (χ3v) is 2.81. The highest BCUT2D eigenvalue weighted by atomic mass is 32.2. The van der Waals surface area contributed by atoms with Crippen LogP contribution in [0.15, 0.2) is 12.4 Å². The Morgan fingerprint density at radius 1 is 1.57 bits per heavy atom. The fourth-order valence-electron chi connectivity index (χ4n) is 0.784. The van der Waals surface area contributed by atoms with Crippen LogP contribution in [0.4, 0.5) is 5.82 Å². The number of anilines is 1. The van der Waals surface area contributed by atoms with Crippen LogP contribution >= 0.6 is 11.8 Å². The van der Waals surface area contributed by atoms with Gasteiger partial charge in [-0.05, 0) is 0 Å². The number of aliphatic hydroxyl groups is 1. The number of rotatable bonds is 5. The number of nitrogen functional groups attached to an aromatic ring is 1. The van der Waals surface area contributed by atoms with E-state index >= 15 is 0 Å². The van der Waals surface area contributed by atoms with Crippen molar-refractivity contribution in [3.05, 3.63) is 18.1 Å². The number of nitrogens with zero attached hydrogens (tertiary/aromatic N) is 2. The minimum atomic E-state index is 0.181. The molecule has 0 bridgehead atoms. The van der Waals surface area contributed by atoms with Crippen LogP contribution < -0.4 is 11.3 Å². The van der Waals surface area contributed by atoms with Gasteiger partial charge in [-0.25, -0.2) is 10.8 Å². The number of nitrogens with two attached hydrogens (primary N) is 1. The first-order valence-electron chi connectivity index (χ1n) is 4.26. The lowest BCUT2D eigenvalue weighted by Crippen LogP contribution is -2.09. The van der Waals surface area contributed by atoms with Gasteiger partial charge < -0.3 is 10.5 Å². The first-order chi connectivity index (χ1) is 6.76. The zero-order chi connectivity index (χ0) is 10.4.